The molecule has 8 nitrogen and oxygen atoms in total. The number of aryl methyl sites for hydroxylation is 1. The number of aromatic nitrogens is 2. The van der Waals surface area contributed by atoms with E-state index in [1.165, 1.54) is 12.1 Å². The lowest BCUT2D eigenvalue weighted by molar-refractivity contribution is -0.384. The molecular weight excluding hydrogens is 418 g/mol. The minimum Gasteiger partial charge on any atom is -0.383 e. The number of nitrogens with one attached hydrogen (secondary N) is 2. The number of non-ortho nitro benzene ring substituents is 1. The molecule has 9 heteroatoms. The van der Waals surface area contributed by atoms with Crippen LogP contribution in [0.4, 0.5) is 11.4 Å². The van der Waals surface area contributed by atoms with E-state index in [1.807, 2.05) is 29.8 Å². The maximum Gasteiger partial charge on any atom is 0.269 e. The van der Waals surface area contributed by atoms with Gasteiger partial charge in [0.25, 0.3) is 11.6 Å². The summed E-state index contributed by atoms with van der Waals surface area (Å²) >= 11 is 6.28. The summed E-state index contributed by atoms with van der Waals surface area (Å²) in [6.45, 7) is 2.84. The highest BCUT2D eigenvalue weighted by Crippen LogP contribution is 2.42. The standard InChI is InChI=1S/C22H22ClN5O3/c1-14-2-7-18(12-20(14)23)27-21(15-3-4-15)19(13-26-27)22(29)25-11-10-24-16-5-8-17(9-6-16)28(30)31/h2,5-9,12-13,15,24H,3-4,10-11H2,1H3,(H,25,29). The van der Waals surface area contributed by atoms with E-state index in [0.717, 1.165) is 35.5 Å². The van der Waals surface area contributed by atoms with Crippen molar-refractivity contribution in [3.63, 3.8) is 0 Å². The molecule has 1 aliphatic rings. The second-order valence-corrected chi connectivity index (χ2v) is 7.96. The zero-order valence-electron chi connectivity index (χ0n) is 17.0. The van der Waals surface area contributed by atoms with Crippen molar-refractivity contribution in [1.82, 2.24) is 15.1 Å². The average molecular weight is 440 g/mol. The van der Waals surface area contributed by atoms with Crippen LogP contribution in [0.15, 0.2) is 48.7 Å². The third kappa shape index (κ3) is 4.69. The third-order valence-electron chi connectivity index (χ3n) is 5.23. The molecule has 0 aliphatic heterocycles. The molecule has 1 amide bonds. The monoisotopic (exact) mass is 439 g/mol. The minimum absolute atomic E-state index is 0.0401. The molecule has 2 aromatic carbocycles. The van der Waals surface area contributed by atoms with Crippen molar-refractivity contribution in [2.24, 2.45) is 0 Å². The van der Waals surface area contributed by atoms with Gasteiger partial charge in [0, 0.05) is 41.9 Å². The molecule has 2 N–H and O–H groups in total. The highest BCUT2D eigenvalue weighted by Gasteiger charge is 2.32. The lowest BCUT2D eigenvalue weighted by Crippen LogP contribution is -2.29. The van der Waals surface area contributed by atoms with Gasteiger partial charge in [-0.3, -0.25) is 14.9 Å². The Bertz CT molecular complexity index is 1120. The van der Waals surface area contributed by atoms with Gasteiger partial charge in [-0.1, -0.05) is 17.7 Å². The van der Waals surface area contributed by atoms with E-state index in [4.69, 9.17) is 11.6 Å². The maximum absolute atomic E-state index is 12.8. The van der Waals surface area contributed by atoms with Crippen molar-refractivity contribution >= 4 is 28.9 Å². The van der Waals surface area contributed by atoms with Gasteiger partial charge in [0.05, 0.1) is 28.1 Å². The topological polar surface area (TPSA) is 102 Å². The van der Waals surface area contributed by atoms with Gasteiger partial charge >= 0.3 is 0 Å². The third-order valence-corrected chi connectivity index (χ3v) is 5.64. The van der Waals surface area contributed by atoms with E-state index in [-0.39, 0.29) is 11.6 Å². The SMILES string of the molecule is Cc1ccc(-n2ncc(C(=O)NCCNc3ccc([N+](=O)[O-])cc3)c2C2CC2)cc1Cl. The predicted molar refractivity (Wildman–Crippen MR) is 119 cm³/mol. The van der Waals surface area contributed by atoms with E-state index < -0.39 is 4.92 Å². The summed E-state index contributed by atoms with van der Waals surface area (Å²) in [5.74, 6) is 0.151. The number of amides is 1. The minimum atomic E-state index is -0.438. The molecule has 0 spiro atoms. The maximum atomic E-state index is 12.8. The van der Waals surface area contributed by atoms with Crippen molar-refractivity contribution in [2.75, 3.05) is 18.4 Å². The van der Waals surface area contributed by atoms with E-state index in [9.17, 15) is 14.9 Å². The normalized spacial score (nSPS) is 13.1. The van der Waals surface area contributed by atoms with Gasteiger partial charge in [-0.15, -0.1) is 0 Å². The number of anilines is 1. The molecule has 1 aromatic heterocycles. The van der Waals surface area contributed by atoms with Crippen LogP contribution in [0.1, 0.15) is 40.4 Å². The van der Waals surface area contributed by atoms with E-state index in [2.05, 4.69) is 15.7 Å². The molecular formula is C22H22ClN5O3. The van der Waals surface area contributed by atoms with Crippen LogP contribution in [0, 0.1) is 17.0 Å². The number of benzene rings is 2. The molecule has 4 rings (SSSR count). The number of carbonyl (C=O) groups is 1. The first kappa shape index (κ1) is 20.9. The summed E-state index contributed by atoms with van der Waals surface area (Å²) < 4.78 is 1.81. The first-order valence-electron chi connectivity index (χ1n) is 10.0. The molecule has 0 atom stereocenters. The molecule has 160 valence electrons. The Morgan fingerprint density at radius 1 is 1.23 bits per heavy atom. The molecule has 1 fully saturated rings. The van der Waals surface area contributed by atoms with Crippen LogP contribution in [0.2, 0.25) is 5.02 Å². The largest absolute Gasteiger partial charge is 0.383 e. The van der Waals surface area contributed by atoms with E-state index >= 15 is 0 Å². The van der Waals surface area contributed by atoms with Gasteiger partial charge in [0.2, 0.25) is 0 Å². The van der Waals surface area contributed by atoms with Crippen LogP contribution < -0.4 is 10.6 Å². The predicted octanol–water partition coefficient (Wildman–Crippen LogP) is 4.46. The quantitative estimate of drug-likeness (QED) is 0.306. The van der Waals surface area contributed by atoms with Gasteiger partial charge in [-0.05, 0) is 49.6 Å². The Hall–Kier alpha value is -3.39. The van der Waals surface area contributed by atoms with Crippen LogP contribution in [-0.4, -0.2) is 33.7 Å². The summed E-state index contributed by atoms with van der Waals surface area (Å²) in [6.07, 6.45) is 3.68. The fourth-order valence-electron chi connectivity index (χ4n) is 3.38. The lowest BCUT2D eigenvalue weighted by atomic mass is 10.1. The first-order valence-corrected chi connectivity index (χ1v) is 10.4. The second kappa shape index (κ2) is 8.77. The number of nitro benzene ring substituents is 1. The fraction of sp³-hybridized carbons (Fsp3) is 0.273. The number of hydrogen-bond donors (Lipinski definition) is 2. The van der Waals surface area contributed by atoms with E-state index in [0.29, 0.717) is 29.6 Å². The van der Waals surface area contributed by atoms with Crippen LogP contribution in [-0.2, 0) is 0 Å². The zero-order valence-corrected chi connectivity index (χ0v) is 17.7. The Labute approximate surface area is 184 Å². The lowest BCUT2D eigenvalue weighted by Gasteiger charge is -2.11. The Balaban J connectivity index is 1.40. The van der Waals surface area contributed by atoms with Crippen LogP contribution in [0.25, 0.3) is 5.69 Å². The highest BCUT2D eigenvalue weighted by atomic mass is 35.5. The summed E-state index contributed by atoms with van der Waals surface area (Å²) in [5.41, 5.74) is 4.12. The summed E-state index contributed by atoms with van der Waals surface area (Å²) in [6, 6.07) is 11.9. The first-order chi connectivity index (χ1) is 14.9. The summed E-state index contributed by atoms with van der Waals surface area (Å²) in [7, 11) is 0. The average Bonchev–Trinajstić information content (AvgIpc) is 3.51. The van der Waals surface area contributed by atoms with Crippen molar-refractivity contribution < 1.29 is 9.72 Å². The number of rotatable bonds is 8. The summed E-state index contributed by atoms with van der Waals surface area (Å²) in [5, 5.41) is 21.9. The number of hydrogen-bond acceptors (Lipinski definition) is 5. The van der Waals surface area contributed by atoms with Crippen molar-refractivity contribution in [1.29, 1.82) is 0 Å². The number of nitro groups is 1. The smallest absolute Gasteiger partial charge is 0.269 e. The number of halogens is 1. The van der Waals surface area contributed by atoms with E-state index in [1.54, 1.807) is 18.3 Å². The van der Waals surface area contributed by atoms with Crippen LogP contribution >= 0.6 is 11.6 Å². The molecule has 0 radical (unpaired) electrons. The number of nitrogens with zero attached hydrogens (tertiary/aromatic N) is 3. The van der Waals surface area contributed by atoms with Crippen LogP contribution in [0.5, 0.6) is 0 Å². The van der Waals surface area contributed by atoms with Crippen molar-refractivity contribution in [2.45, 2.75) is 25.7 Å². The Morgan fingerprint density at radius 2 is 1.97 bits per heavy atom. The molecule has 3 aromatic rings. The van der Waals surface area contributed by atoms with Crippen molar-refractivity contribution in [3.05, 3.63) is 80.6 Å². The Morgan fingerprint density at radius 3 is 2.61 bits per heavy atom. The van der Waals surface area contributed by atoms with Crippen molar-refractivity contribution in [3.8, 4) is 5.69 Å². The highest BCUT2D eigenvalue weighted by molar-refractivity contribution is 6.31. The molecule has 0 bridgehead atoms. The number of carbonyl (C=O) groups excluding carboxylic acids is 1. The Kier molecular flexibility index (Phi) is 5.90. The van der Waals surface area contributed by atoms with Gasteiger partial charge < -0.3 is 10.6 Å². The molecule has 1 saturated carbocycles. The fourth-order valence-corrected chi connectivity index (χ4v) is 3.56. The molecule has 0 saturated heterocycles. The van der Waals surface area contributed by atoms with Gasteiger partial charge in [0.1, 0.15) is 0 Å². The zero-order chi connectivity index (χ0) is 22.0. The van der Waals surface area contributed by atoms with Gasteiger partial charge in [-0.25, -0.2) is 4.68 Å². The molecule has 1 aliphatic carbocycles. The molecule has 0 unspecified atom stereocenters. The summed E-state index contributed by atoms with van der Waals surface area (Å²) in [4.78, 5) is 23.1. The van der Waals surface area contributed by atoms with Gasteiger partial charge in [0.15, 0.2) is 0 Å². The molecule has 1 heterocycles. The van der Waals surface area contributed by atoms with Crippen LogP contribution in [0.3, 0.4) is 0 Å². The van der Waals surface area contributed by atoms with Gasteiger partial charge in [-0.2, -0.15) is 5.10 Å². The molecule has 31 heavy (non-hydrogen) atoms. The second-order valence-electron chi connectivity index (χ2n) is 7.55.